The maximum Gasteiger partial charge on any atom is 0.251 e. The second-order valence-corrected chi connectivity index (χ2v) is 8.80. The first-order valence-electron chi connectivity index (χ1n) is 10.6. The maximum atomic E-state index is 12.6. The molecule has 0 bridgehead atoms. The Labute approximate surface area is 182 Å². The van der Waals surface area contributed by atoms with Gasteiger partial charge in [-0.1, -0.05) is 6.07 Å². The molecule has 2 aromatic heterocycles. The number of nitrogens with zero attached hydrogens (tertiary/aromatic N) is 2. The molecule has 0 saturated heterocycles. The van der Waals surface area contributed by atoms with Crippen molar-refractivity contribution in [1.82, 2.24) is 15.3 Å². The van der Waals surface area contributed by atoms with Crippen molar-refractivity contribution in [3.05, 3.63) is 66.1 Å². The second-order valence-electron chi connectivity index (χ2n) is 8.80. The molecule has 31 heavy (non-hydrogen) atoms. The Balaban J connectivity index is 1.76. The summed E-state index contributed by atoms with van der Waals surface area (Å²) in [5.41, 5.74) is 4.99. The molecule has 1 aliphatic carbocycles. The van der Waals surface area contributed by atoms with Crippen LogP contribution in [0.5, 0.6) is 0 Å². The average molecular weight is 417 g/mol. The van der Waals surface area contributed by atoms with Gasteiger partial charge in [-0.25, -0.2) is 4.98 Å². The van der Waals surface area contributed by atoms with E-state index >= 15 is 0 Å². The van der Waals surface area contributed by atoms with Gasteiger partial charge >= 0.3 is 0 Å². The van der Waals surface area contributed by atoms with E-state index in [1.807, 2.05) is 57.3 Å². The summed E-state index contributed by atoms with van der Waals surface area (Å²) < 4.78 is 0. The molecule has 6 nitrogen and oxygen atoms in total. The molecule has 1 aromatic carbocycles. The number of benzene rings is 1. The van der Waals surface area contributed by atoms with Gasteiger partial charge in [-0.3, -0.25) is 9.78 Å². The SMILES string of the molecule is Cc1ccc(C(=O)NC2CC2)cc1-c1cnc(NC(C)(C)CO)c(-c2ccncc2)c1. The van der Waals surface area contributed by atoms with Crippen LogP contribution in [0.4, 0.5) is 5.82 Å². The number of amides is 1. The van der Waals surface area contributed by atoms with Crippen molar-refractivity contribution in [1.29, 1.82) is 0 Å². The molecule has 3 aromatic rings. The highest BCUT2D eigenvalue weighted by Crippen LogP contribution is 2.34. The van der Waals surface area contributed by atoms with E-state index in [1.165, 1.54) is 0 Å². The molecule has 1 fully saturated rings. The van der Waals surface area contributed by atoms with E-state index in [0.29, 0.717) is 17.4 Å². The van der Waals surface area contributed by atoms with Crippen LogP contribution in [0.15, 0.2) is 55.0 Å². The van der Waals surface area contributed by atoms with Gasteiger partial charge in [0.15, 0.2) is 0 Å². The number of aliphatic hydroxyl groups is 1. The number of carbonyl (C=O) groups is 1. The molecule has 1 amide bonds. The van der Waals surface area contributed by atoms with Crippen LogP contribution < -0.4 is 10.6 Å². The van der Waals surface area contributed by atoms with E-state index in [0.717, 1.165) is 40.7 Å². The van der Waals surface area contributed by atoms with Crippen LogP contribution in [-0.4, -0.2) is 39.2 Å². The van der Waals surface area contributed by atoms with Gasteiger partial charge in [-0.2, -0.15) is 0 Å². The fourth-order valence-corrected chi connectivity index (χ4v) is 3.39. The molecular weight excluding hydrogens is 388 g/mol. The normalized spacial score (nSPS) is 13.7. The number of aromatic nitrogens is 2. The number of pyridine rings is 2. The molecule has 0 spiro atoms. The van der Waals surface area contributed by atoms with E-state index in [4.69, 9.17) is 4.98 Å². The van der Waals surface area contributed by atoms with E-state index in [1.54, 1.807) is 12.4 Å². The molecule has 0 radical (unpaired) electrons. The Morgan fingerprint density at radius 1 is 1.10 bits per heavy atom. The standard InChI is InChI=1S/C25H28N4O2/c1-16-4-5-18(24(31)28-20-6-7-20)12-21(16)19-13-22(17-8-10-26-11-9-17)23(27-14-19)29-25(2,3)15-30/h4-5,8-14,20,30H,6-7,15H2,1-3H3,(H,27,29)(H,28,31). The average Bonchev–Trinajstić information content (AvgIpc) is 3.59. The number of rotatable bonds is 7. The smallest absolute Gasteiger partial charge is 0.251 e. The lowest BCUT2D eigenvalue weighted by atomic mass is 9.96. The van der Waals surface area contributed by atoms with E-state index in [2.05, 4.69) is 21.7 Å². The van der Waals surface area contributed by atoms with Gasteiger partial charge < -0.3 is 15.7 Å². The minimum Gasteiger partial charge on any atom is -0.394 e. The van der Waals surface area contributed by atoms with Crippen LogP contribution in [0, 0.1) is 6.92 Å². The Bertz CT molecular complexity index is 1090. The minimum atomic E-state index is -0.521. The summed E-state index contributed by atoms with van der Waals surface area (Å²) in [6.45, 7) is 5.85. The quantitative estimate of drug-likeness (QED) is 0.537. The molecule has 0 atom stereocenters. The second kappa shape index (κ2) is 8.47. The zero-order valence-corrected chi connectivity index (χ0v) is 18.1. The molecule has 1 saturated carbocycles. The first-order chi connectivity index (χ1) is 14.9. The van der Waals surface area contributed by atoms with Gasteiger partial charge in [-0.15, -0.1) is 0 Å². The summed E-state index contributed by atoms with van der Waals surface area (Å²) in [5.74, 6) is 0.656. The van der Waals surface area contributed by atoms with Gasteiger partial charge in [0.1, 0.15) is 5.82 Å². The summed E-state index contributed by atoms with van der Waals surface area (Å²) in [4.78, 5) is 21.4. The Kier molecular flexibility index (Phi) is 5.74. The number of anilines is 1. The minimum absolute atomic E-state index is 0.0243. The predicted octanol–water partition coefficient (Wildman–Crippen LogP) is 4.19. The number of aryl methyl sites for hydroxylation is 1. The number of hydrogen-bond acceptors (Lipinski definition) is 5. The van der Waals surface area contributed by atoms with Crippen molar-refractivity contribution in [2.75, 3.05) is 11.9 Å². The summed E-state index contributed by atoms with van der Waals surface area (Å²) in [6, 6.07) is 12.0. The van der Waals surface area contributed by atoms with Gasteiger partial charge in [0.05, 0.1) is 12.1 Å². The van der Waals surface area contributed by atoms with Crippen LogP contribution in [0.2, 0.25) is 0 Å². The van der Waals surface area contributed by atoms with Crippen LogP contribution in [0.1, 0.15) is 42.6 Å². The van der Waals surface area contributed by atoms with Gasteiger partial charge in [0.2, 0.25) is 0 Å². The molecule has 3 N–H and O–H groups in total. The van der Waals surface area contributed by atoms with Crippen molar-refractivity contribution in [2.45, 2.75) is 45.2 Å². The summed E-state index contributed by atoms with van der Waals surface area (Å²) in [7, 11) is 0. The van der Waals surface area contributed by atoms with Gasteiger partial charge in [0.25, 0.3) is 5.91 Å². The monoisotopic (exact) mass is 416 g/mol. The third-order valence-corrected chi connectivity index (χ3v) is 5.45. The fourth-order valence-electron chi connectivity index (χ4n) is 3.39. The maximum absolute atomic E-state index is 12.6. The summed E-state index contributed by atoms with van der Waals surface area (Å²) in [5, 5.41) is 16.1. The van der Waals surface area contributed by atoms with E-state index < -0.39 is 5.54 Å². The molecule has 1 aliphatic rings. The third kappa shape index (κ3) is 4.91. The third-order valence-electron chi connectivity index (χ3n) is 5.45. The van der Waals surface area contributed by atoms with Crippen molar-refractivity contribution < 1.29 is 9.90 Å². The molecular formula is C25H28N4O2. The number of nitrogens with one attached hydrogen (secondary N) is 2. The van der Waals surface area contributed by atoms with Crippen molar-refractivity contribution >= 4 is 11.7 Å². The van der Waals surface area contributed by atoms with Crippen molar-refractivity contribution in [2.24, 2.45) is 0 Å². The molecule has 2 heterocycles. The molecule has 0 unspecified atom stereocenters. The van der Waals surface area contributed by atoms with Crippen molar-refractivity contribution in [3.8, 4) is 22.3 Å². The number of hydrogen-bond donors (Lipinski definition) is 3. The van der Waals surface area contributed by atoms with Crippen LogP contribution in [-0.2, 0) is 0 Å². The largest absolute Gasteiger partial charge is 0.394 e. The first kappa shape index (κ1) is 21.0. The lowest BCUT2D eigenvalue weighted by Gasteiger charge is -2.26. The summed E-state index contributed by atoms with van der Waals surface area (Å²) in [6.07, 6.45) is 7.42. The molecule has 6 heteroatoms. The predicted molar refractivity (Wildman–Crippen MR) is 123 cm³/mol. The van der Waals surface area contributed by atoms with Crippen molar-refractivity contribution in [3.63, 3.8) is 0 Å². The van der Waals surface area contributed by atoms with Crippen LogP contribution in [0.25, 0.3) is 22.3 Å². The zero-order chi connectivity index (χ0) is 22.0. The van der Waals surface area contributed by atoms with Crippen LogP contribution in [0.3, 0.4) is 0 Å². The highest BCUT2D eigenvalue weighted by atomic mass is 16.3. The lowest BCUT2D eigenvalue weighted by Crippen LogP contribution is -2.35. The Morgan fingerprint density at radius 2 is 1.84 bits per heavy atom. The Morgan fingerprint density at radius 3 is 2.52 bits per heavy atom. The number of carbonyl (C=O) groups excluding carboxylic acids is 1. The molecule has 160 valence electrons. The van der Waals surface area contributed by atoms with E-state index in [-0.39, 0.29) is 12.5 Å². The lowest BCUT2D eigenvalue weighted by molar-refractivity contribution is 0.0951. The topological polar surface area (TPSA) is 87.1 Å². The van der Waals surface area contributed by atoms with E-state index in [9.17, 15) is 9.90 Å². The van der Waals surface area contributed by atoms with Gasteiger partial charge in [-0.05, 0) is 80.6 Å². The zero-order valence-electron chi connectivity index (χ0n) is 18.1. The number of aliphatic hydroxyl groups excluding tert-OH is 1. The Hall–Kier alpha value is -3.25. The van der Waals surface area contributed by atoms with Crippen LogP contribution >= 0.6 is 0 Å². The molecule has 0 aliphatic heterocycles. The fraction of sp³-hybridized carbons (Fsp3) is 0.320. The highest BCUT2D eigenvalue weighted by molar-refractivity contribution is 5.96. The highest BCUT2D eigenvalue weighted by Gasteiger charge is 2.24. The first-order valence-corrected chi connectivity index (χ1v) is 10.6. The molecule has 4 rings (SSSR count). The summed E-state index contributed by atoms with van der Waals surface area (Å²) >= 11 is 0. The van der Waals surface area contributed by atoms with Gasteiger partial charge in [0, 0.05) is 41.3 Å².